The van der Waals surface area contributed by atoms with E-state index >= 15 is 0 Å². The van der Waals surface area contributed by atoms with Gasteiger partial charge in [0.25, 0.3) is 11.7 Å². The number of unbranched alkanes of at least 4 members (excludes halogenated alkanes) is 8. The van der Waals surface area contributed by atoms with E-state index in [9.17, 15) is 9.59 Å². The molecule has 0 saturated carbocycles. The lowest BCUT2D eigenvalue weighted by molar-refractivity contribution is -0.114. The molecular formula is C24H37NO2. The van der Waals surface area contributed by atoms with Gasteiger partial charge >= 0.3 is 0 Å². The van der Waals surface area contributed by atoms with Crippen molar-refractivity contribution >= 4 is 17.4 Å². The Morgan fingerprint density at radius 2 is 1.33 bits per heavy atom. The highest BCUT2D eigenvalue weighted by molar-refractivity contribution is 6.52. The molecule has 3 nitrogen and oxygen atoms in total. The largest absolute Gasteiger partial charge is 0.304 e. The number of carbonyl (C=O) groups excluding carboxylic acids is 2. The molecule has 0 aromatic heterocycles. The molecule has 0 saturated heterocycles. The first kappa shape index (κ1) is 21.7. The molecule has 0 N–H and O–H groups in total. The highest BCUT2D eigenvalue weighted by Gasteiger charge is 2.36. The normalized spacial score (nSPS) is 14.7. The fourth-order valence-electron chi connectivity index (χ4n) is 4.09. The number of rotatable bonds is 14. The average Bonchev–Trinajstić information content (AvgIpc) is 2.92. The van der Waals surface area contributed by atoms with Gasteiger partial charge in [0, 0.05) is 6.54 Å². The smallest absolute Gasteiger partial charge is 0.299 e. The van der Waals surface area contributed by atoms with Crippen LogP contribution in [0.1, 0.15) is 101 Å². The second-order valence-corrected chi connectivity index (χ2v) is 8.03. The highest BCUT2D eigenvalue weighted by Crippen LogP contribution is 2.31. The topological polar surface area (TPSA) is 37.4 Å². The first-order valence-electron chi connectivity index (χ1n) is 11.1. The van der Waals surface area contributed by atoms with Crippen molar-refractivity contribution in [2.75, 3.05) is 11.4 Å². The monoisotopic (exact) mass is 371 g/mol. The summed E-state index contributed by atoms with van der Waals surface area (Å²) in [4.78, 5) is 26.5. The molecule has 1 amide bonds. The molecule has 0 radical (unpaired) electrons. The second-order valence-electron chi connectivity index (χ2n) is 8.03. The number of Topliss-reactive ketones (excluding diaryl/α,β-unsaturated/α-hetero) is 1. The number of fused-ring (bicyclic) bond motifs is 1. The number of anilines is 1. The van der Waals surface area contributed by atoms with Crippen molar-refractivity contribution < 1.29 is 9.59 Å². The van der Waals surface area contributed by atoms with E-state index < -0.39 is 0 Å². The maximum absolute atomic E-state index is 12.5. The number of ketones is 1. The fraction of sp³-hybridized carbons (Fsp3) is 0.667. The molecule has 1 aromatic rings. The summed E-state index contributed by atoms with van der Waals surface area (Å²) in [5.74, 6) is -0.177. The SMILES string of the molecule is CCCCCCCCC(CCCCCC)CN1C(=O)C(=O)c2ccccc21. The van der Waals surface area contributed by atoms with Crippen LogP contribution in [0.15, 0.2) is 24.3 Å². The molecular weight excluding hydrogens is 334 g/mol. The van der Waals surface area contributed by atoms with Gasteiger partial charge in [0.2, 0.25) is 0 Å². The Labute approximate surface area is 165 Å². The summed E-state index contributed by atoms with van der Waals surface area (Å²) in [7, 11) is 0. The summed E-state index contributed by atoms with van der Waals surface area (Å²) in [6, 6.07) is 7.45. The van der Waals surface area contributed by atoms with E-state index in [-0.39, 0.29) is 11.7 Å². The molecule has 0 spiro atoms. The van der Waals surface area contributed by atoms with Gasteiger partial charge in [0.05, 0.1) is 11.3 Å². The van der Waals surface area contributed by atoms with Gasteiger partial charge in [-0.25, -0.2) is 0 Å². The lowest BCUT2D eigenvalue weighted by Crippen LogP contribution is -2.34. The molecule has 0 aliphatic carbocycles. The number of nitrogens with zero attached hydrogens (tertiary/aromatic N) is 1. The molecule has 27 heavy (non-hydrogen) atoms. The van der Waals surface area contributed by atoms with E-state index in [1.165, 1.54) is 70.6 Å². The third kappa shape index (κ3) is 6.48. The van der Waals surface area contributed by atoms with Crippen LogP contribution in [0, 0.1) is 5.92 Å². The van der Waals surface area contributed by atoms with E-state index in [1.807, 2.05) is 18.2 Å². The summed E-state index contributed by atoms with van der Waals surface area (Å²) in [5, 5.41) is 0. The zero-order chi connectivity index (χ0) is 19.5. The summed E-state index contributed by atoms with van der Waals surface area (Å²) in [5.41, 5.74) is 1.39. The van der Waals surface area contributed by atoms with Crippen LogP contribution in [0.2, 0.25) is 0 Å². The van der Waals surface area contributed by atoms with Gasteiger partial charge in [0.1, 0.15) is 0 Å². The van der Waals surface area contributed by atoms with Gasteiger partial charge in [-0.15, -0.1) is 0 Å². The Morgan fingerprint density at radius 1 is 0.778 bits per heavy atom. The van der Waals surface area contributed by atoms with Crippen molar-refractivity contribution in [1.29, 1.82) is 0 Å². The average molecular weight is 372 g/mol. The standard InChI is InChI=1S/C24H37NO2/c1-3-5-7-9-10-12-16-20(15-11-8-6-4-2)19-25-22-18-14-13-17-21(22)23(26)24(25)27/h13-14,17-18,20H,3-12,15-16,19H2,1-2H3. The molecule has 2 rings (SSSR count). The minimum Gasteiger partial charge on any atom is -0.304 e. The van der Waals surface area contributed by atoms with Gasteiger partial charge in [-0.1, -0.05) is 90.2 Å². The molecule has 1 unspecified atom stereocenters. The Bertz CT molecular complexity index is 596. The van der Waals surface area contributed by atoms with E-state index in [4.69, 9.17) is 0 Å². The van der Waals surface area contributed by atoms with E-state index in [0.29, 0.717) is 18.0 Å². The predicted molar refractivity (Wildman–Crippen MR) is 113 cm³/mol. The number of hydrogen-bond acceptors (Lipinski definition) is 2. The maximum Gasteiger partial charge on any atom is 0.299 e. The summed E-state index contributed by atoms with van der Waals surface area (Å²) in [6.45, 7) is 5.18. The van der Waals surface area contributed by atoms with Crippen molar-refractivity contribution in [3.8, 4) is 0 Å². The van der Waals surface area contributed by atoms with E-state index in [0.717, 1.165) is 12.1 Å². The Balaban J connectivity index is 1.92. The van der Waals surface area contributed by atoms with Crippen molar-refractivity contribution in [3.63, 3.8) is 0 Å². The number of benzene rings is 1. The summed E-state index contributed by atoms with van der Waals surface area (Å²) >= 11 is 0. The van der Waals surface area contributed by atoms with Gasteiger partial charge < -0.3 is 4.90 Å². The third-order valence-electron chi connectivity index (χ3n) is 5.75. The maximum atomic E-state index is 12.5. The predicted octanol–water partition coefficient (Wildman–Crippen LogP) is 6.55. The Hall–Kier alpha value is -1.64. The first-order valence-corrected chi connectivity index (χ1v) is 11.1. The molecule has 0 fully saturated rings. The summed E-state index contributed by atoms with van der Waals surface area (Å²) < 4.78 is 0. The molecule has 150 valence electrons. The lowest BCUT2D eigenvalue weighted by atomic mass is 9.93. The number of para-hydroxylation sites is 1. The van der Waals surface area contributed by atoms with E-state index in [1.54, 1.807) is 11.0 Å². The third-order valence-corrected chi connectivity index (χ3v) is 5.75. The van der Waals surface area contributed by atoms with Crippen molar-refractivity contribution in [1.82, 2.24) is 0 Å². The van der Waals surface area contributed by atoms with Crippen LogP contribution in [0.5, 0.6) is 0 Å². The van der Waals surface area contributed by atoms with Gasteiger partial charge in [-0.05, 0) is 30.9 Å². The van der Waals surface area contributed by atoms with Crippen LogP contribution < -0.4 is 4.90 Å². The van der Waals surface area contributed by atoms with Gasteiger partial charge in [-0.2, -0.15) is 0 Å². The van der Waals surface area contributed by atoms with Gasteiger partial charge in [-0.3, -0.25) is 9.59 Å². The van der Waals surface area contributed by atoms with Gasteiger partial charge in [0.15, 0.2) is 0 Å². The highest BCUT2D eigenvalue weighted by atomic mass is 16.2. The molecule has 1 aliphatic heterocycles. The summed E-state index contributed by atoms with van der Waals surface area (Å²) in [6.07, 6.45) is 15.2. The van der Waals surface area contributed by atoms with Crippen LogP contribution in [-0.2, 0) is 4.79 Å². The van der Waals surface area contributed by atoms with Crippen LogP contribution in [0.25, 0.3) is 0 Å². The Morgan fingerprint density at radius 3 is 2.00 bits per heavy atom. The van der Waals surface area contributed by atoms with Crippen molar-refractivity contribution in [3.05, 3.63) is 29.8 Å². The van der Waals surface area contributed by atoms with E-state index in [2.05, 4.69) is 13.8 Å². The van der Waals surface area contributed by atoms with Crippen LogP contribution >= 0.6 is 0 Å². The van der Waals surface area contributed by atoms with Crippen molar-refractivity contribution in [2.24, 2.45) is 5.92 Å². The zero-order valence-corrected chi connectivity index (χ0v) is 17.3. The minimum atomic E-state index is -0.338. The Kier molecular flexibility index (Phi) is 9.58. The van der Waals surface area contributed by atoms with Crippen molar-refractivity contribution in [2.45, 2.75) is 90.9 Å². The number of carbonyl (C=O) groups is 2. The molecule has 1 heterocycles. The quantitative estimate of drug-likeness (QED) is 0.274. The fourth-order valence-corrected chi connectivity index (χ4v) is 4.09. The molecule has 1 aromatic carbocycles. The second kappa shape index (κ2) is 11.9. The minimum absolute atomic E-state index is 0.335. The van der Waals surface area contributed by atoms with Crippen LogP contribution in [-0.4, -0.2) is 18.2 Å². The number of hydrogen-bond donors (Lipinski definition) is 0. The molecule has 1 aliphatic rings. The molecule has 3 heteroatoms. The molecule has 0 bridgehead atoms. The zero-order valence-electron chi connectivity index (χ0n) is 17.3. The first-order chi connectivity index (χ1) is 13.2. The lowest BCUT2D eigenvalue weighted by Gasteiger charge is -2.24. The van der Waals surface area contributed by atoms with Crippen LogP contribution in [0.3, 0.4) is 0 Å². The van der Waals surface area contributed by atoms with Crippen LogP contribution in [0.4, 0.5) is 5.69 Å². The number of amides is 1. The molecule has 1 atom stereocenters.